The van der Waals surface area contributed by atoms with Gasteiger partial charge in [-0.25, -0.2) is 9.97 Å². The standard InChI is InChI=1S/C15H7F3N6O/c16-15(17,18)14-23-13(24-25-14)8-1-2-20-10(3-8)11-4-9-5-19-7-22-12(9)6-21-11/h1-7H. The van der Waals surface area contributed by atoms with Crippen LogP contribution in [0.1, 0.15) is 5.89 Å². The minimum atomic E-state index is -4.69. The van der Waals surface area contributed by atoms with E-state index in [0.717, 1.165) is 5.39 Å². The average molecular weight is 344 g/mol. The number of alkyl halides is 3. The van der Waals surface area contributed by atoms with Crippen molar-refractivity contribution < 1.29 is 17.7 Å². The number of hydrogen-bond acceptors (Lipinski definition) is 7. The molecule has 0 bridgehead atoms. The van der Waals surface area contributed by atoms with Gasteiger partial charge in [0, 0.05) is 23.3 Å². The molecule has 7 nitrogen and oxygen atoms in total. The van der Waals surface area contributed by atoms with Crippen molar-refractivity contribution in [3.05, 3.63) is 49.0 Å². The zero-order valence-corrected chi connectivity index (χ0v) is 12.3. The summed E-state index contributed by atoms with van der Waals surface area (Å²) in [4.78, 5) is 19.8. The summed E-state index contributed by atoms with van der Waals surface area (Å²) >= 11 is 0. The van der Waals surface area contributed by atoms with Gasteiger partial charge in [-0.05, 0) is 18.2 Å². The lowest BCUT2D eigenvalue weighted by atomic mass is 10.1. The monoisotopic (exact) mass is 344 g/mol. The SMILES string of the molecule is FC(F)(F)c1nc(-c2ccnc(-c3cc4cncnc4cn3)c2)no1. The van der Waals surface area contributed by atoms with Crippen LogP contribution in [0.25, 0.3) is 33.7 Å². The zero-order chi connectivity index (χ0) is 17.4. The molecule has 4 rings (SSSR count). The number of halogens is 3. The van der Waals surface area contributed by atoms with Gasteiger partial charge in [0.25, 0.3) is 0 Å². The summed E-state index contributed by atoms with van der Waals surface area (Å²) in [6, 6.07) is 4.75. The maximum atomic E-state index is 12.6. The number of nitrogens with zero attached hydrogens (tertiary/aromatic N) is 6. The summed E-state index contributed by atoms with van der Waals surface area (Å²) in [5.74, 6) is -1.58. The number of aromatic nitrogens is 6. The molecular weight excluding hydrogens is 337 g/mol. The molecule has 4 heterocycles. The van der Waals surface area contributed by atoms with Gasteiger partial charge in [0.15, 0.2) is 0 Å². The van der Waals surface area contributed by atoms with Crippen molar-refractivity contribution in [1.82, 2.24) is 30.1 Å². The third kappa shape index (κ3) is 2.89. The van der Waals surface area contributed by atoms with Gasteiger partial charge in [-0.15, -0.1) is 0 Å². The topological polar surface area (TPSA) is 90.5 Å². The lowest BCUT2D eigenvalue weighted by Crippen LogP contribution is -2.04. The quantitative estimate of drug-likeness (QED) is 0.551. The molecule has 10 heteroatoms. The average Bonchev–Trinajstić information content (AvgIpc) is 3.12. The molecule has 0 N–H and O–H groups in total. The van der Waals surface area contributed by atoms with Crippen LogP contribution >= 0.6 is 0 Å². The van der Waals surface area contributed by atoms with E-state index in [9.17, 15) is 13.2 Å². The Kier molecular flexibility index (Phi) is 3.38. The molecule has 0 atom stereocenters. The van der Waals surface area contributed by atoms with Crippen LogP contribution in [0.15, 0.2) is 47.6 Å². The van der Waals surface area contributed by atoms with Crippen molar-refractivity contribution >= 4 is 10.9 Å². The molecule has 124 valence electrons. The van der Waals surface area contributed by atoms with Crippen LogP contribution in [0.5, 0.6) is 0 Å². The van der Waals surface area contributed by atoms with Crippen molar-refractivity contribution in [2.45, 2.75) is 6.18 Å². The van der Waals surface area contributed by atoms with Gasteiger partial charge in [0.05, 0.1) is 23.1 Å². The molecule has 4 aromatic heterocycles. The van der Waals surface area contributed by atoms with Crippen LogP contribution in [0.2, 0.25) is 0 Å². The van der Waals surface area contributed by atoms with Crippen molar-refractivity contribution in [2.75, 3.05) is 0 Å². The van der Waals surface area contributed by atoms with Crippen LogP contribution in [-0.2, 0) is 6.18 Å². The Morgan fingerprint density at radius 2 is 1.80 bits per heavy atom. The first-order valence-corrected chi connectivity index (χ1v) is 6.94. The van der Waals surface area contributed by atoms with Crippen LogP contribution < -0.4 is 0 Å². The van der Waals surface area contributed by atoms with Gasteiger partial charge >= 0.3 is 12.1 Å². The Bertz CT molecular complexity index is 1060. The van der Waals surface area contributed by atoms with Crippen LogP contribution in [-0.4, -0.2) is 30.1 Å². The van der Waals surface area contributed by atoms with E-state index >= 15 is 0 Å². The Labute approximate surface area is 137 Å². The van der Waals surface area contributed by atoms with Crippen molar-refractivity contribution in [2.24, 2.45) is 0 Å². The van der Waals surface area contributed by atoms with Crippen molar-refractivity contribution in [3.63, 3.8) is 0 Å². The third-order valence-electron chi connectivity index (χ3n) is 3.34. The smallest absolute Gasteiger partial charge is 0.329 e. The van der Waals surface area contributed by atoms with Crippen molar-refractivity contribution in [1.29, 1.82) is 0 Å². The van der Waals surface area contributed by atoms with Gasteiger partial charge < -0.3 is 4.52 Å². The Hall–Kier alpha value is -3.43. The predicted octanol–water partition coefficient (Wildman–Crippen LogP) is 3.16. The largest absolute Gasteiger partial charge is 0.471 e. The number of fused-ring (bicyclic) bond motifs is 1. The van der Waals surface area contributed by atoms with Gasteiger partial charge in [-0.1, -0.05) is 5.16 Å². The zero-order valence-electron chi connectivity index (χ0n) is 12.3. The number of pyridine rings is 2. The van der Waals surface area contributed by atoms with E-state index in [1.54, 1.807) is 18.5 Å². The highest BCUT2D eigenvalue weighted by Gasteiger charge is 2.38. The minimum absolute atomic E-state index is 0.180. The number of hydrogen-bond donors (Lipinski definition) is 0. The summed E-state index contributed by atoms with van der Waals surface area (Å²) < 4.78 is 42.0. The fourth-order valence-electron chi connectivity index (χ4n) is 2.19. The highest BCUT2D eigenvalue weighted by molar-refractivity contribution is 5.80. The summed E-state index contributed by atoms with van der Waals surface area (Å²) in [6.45, 7) is 0. The molecule has 0 unspecified atom stereocenters. The van der Waals surface area contributed by atoms with Gasteiger partial charge in [-0.2, -0.15) is 18.2 Å². The molecule has 0 fully saturated rings. The maximum absolute atomic E-state index is 12.6. The van der Waals surface area contributed by atoms with E-state index in [2.05, 4.69) is 34.6 Å². The highest BCUT2D eigenvalue weighted by atomic mass is 19.4. The third-order valence-corrected chi connectivity index (χ3v) is 3.34. The second-order valence-electron chi connectivity index (χ2n) is 5.00. The number of rotatable bonds is 2. The van der Waals surface area contributed by atoms with Gasteiger partial charge in [0.1, 0.15) is 6.33 Å². The molecule has 25 heavy (non-hydrogen) atoms. The van der Waals surface area contributed by atoms with Crippen LogP contribution in [0.3, 0.4) is 0 Å². The molecule has 0 aliphatic carbocycles. The van der Waals surface area contributed by atoms with Crippen LogP contribution in [0.4, 0.5) is 13.2 Å². The van der Waals surface area contributed by atoms with E-state index in [1.807, 2.05) is 0 Å². The second kappa shape index (κ2) is 5.58. The highest BCUT2D eigenvalue weighted by Crippen LogP contribution is 2.30. The normalized spacial score (nSPS) is 11.8. The molecule has 4 aromatic rings. The molecule has 0 aliphatic heterocycles. The molecule has 0 saturated carbocycles. The first kappa shape index (κ1) is 15.1. The molecule has 0 aliphatic rings. The van der Waals surface area contributed by atoms with Crippen LogP contribution in [0, 0.1) is 0 Å². The first-order valence-electron chi connectivity index (χ1n) is 6.94. The lowest BCUT2D eigenvalue weighted by Gasteiger charge is -2.03. The Morgan fingerprint density at radius 1 is 0.960 bits per heavy atom. The Morgan fingerprint density at radius 3 is 2.60 bits per heavy atom. The molecule has 0 radical (unpaired) electrons. The minimum Gasteiger partial charge on any atom is -0.329 e. The lowest BCUT2D eigenvalue weighted by molar-refractivity contribution is -0.159. The summed E-state index contributed by atoms with van der Waals surface area (Å²) in [5.41, 5.74) is 1.96. The second-order valence-corrected chi connectivity index (χ2v) is 5.00. The first-order chi connectivity index (χ1) is 12.0. The van der Waals surface area contributed by atoms with Gasteiger partial charge in [0.2, 0.25) is 5.82 Å². The van der Waals surface area contributed by atoms with E-state index in [-0.39, 0.29) is 5.82 Å². The fraction of sp³-hybridized carbons (Fsp3) is 0.0667. The van der Waals surface area contributed by atoms with E-state index in [4.69, 9.17) is 0 Å². The summed E-state index contributed by atoms with van der Waals surface area (Å²) in [5, 5.41) is 4.13. The van der Waals surface area contributed by atoms with E-state index in [1.165, 1.54) is 24.7 Å². The molecular formula is C15H7F3N6O. The predicted molar refractivity (Wildman–Crippen MR) is 78.9 cm³/mol. The molecule has 0 spiro atoms. The Balaban J connectivity index is 1.74. The maximum Gasteiger partial charge on any atom is 0.471 e. The van der Waals surface area contributed by atoms with E-state index in [0.29, 0.717) is 22.5 Å². The molecule has 0 aromatic carbocycles. The van der Waals surface area contributed by atoms with Crippen molar-refractivity contribution in [3.8, 4) is 22.8 Å². The molecule has 0 amide bonds. The van der Waals surface area contributed by atoms with E-state index < -0.39 is 12.1 Å². The summed E-state index contributed by atoms with van der Waals surface area (Å²) in [6.07, 6.45) is 1.35. The molecule has 0 saturated heterocycles. The summed E-state index contributed by atoms with van der Waals surface area (Å²) in [7, 11) is 0. The fourth-order valence-corrected chi connectivity index (χ4v) is 2.19. The van der Waals surface area contributed by atoms with Gasteiger partial charge in [-0.3, -0.25) is 9.97 Å².